The summed E-state index contributed by atoms with van der Waals surface area (Å²) < 4.78 is 4.88. The van der Waals surface area contributed by atoms with Crippen molar-refractivity contribution in [3.63, 3.8) is 0 Å². The Labute approximate surface area is 96.7 Å². The van der Waals surface area contributed by atoms with Gasteiger partial charge in [-0.2, -0.15) is 0 Å². The number of carbonyl (C=O) groups is 1. The van der Waals surface area contributed by atoms with Crippen molar-refractivity contribution in [1.29, 1.82) is 5.41 Å². The molecule has 1 aliphatic carbocycles. The molecule has 0 bridgehead atoms. The van der Waals surface area contributed by atoms with Crippen molar-refractivity contribution in [1.82, 2.24) is 5.32 Å². The summed E-state index contributed by atoms with van der Waals surface area (Å²) in [5, 5.41) is 10.5. The van der Waals surface area contributed by atoms with Crippen molar-refractivity contribution in [3.8, 4) is 0 Å². The van der Waals surface area contributed by atoms with Crippen LogP contribution >= 0.6 is 12.4 Å². The maximum Gasteiger partial charge on any atom is 0.313 e. The summed E-state index contributed by atoms with van der Waals surface area (Å²) in [7, 11) is 0. The van der Waals surface area contributed by atoms with Gasteiger partial charge in [0.2, 0.25) is 0 Å². The third kappa shape index (κ3) is 5.62. The average molecular weight is 235 g/mol. The van der Waals surface area contributed by atoms with Gasteiger partial charge in [-0.15, -0.1) is 12.4 Å². The molecule has 0 aliphatic heterocycles. The molecule has 0 unspecified atom stereocenters. The molecule has 0 aromatic heterocycles. The van der Waals surface area contributed by atoms with Crippen molar-refractivity contribution in [3.05, 3.63) is 0 Å². The number of amidine groups is 1. The number of hydrogen-bond acceptors (Lipinski definition) is 3. The first-order chi connectivity index (χ1) is 6.72. The SMILES string of the molecule is CCCOC(=O)CC(=N)NC1CCC1.Cl. The molecule has 0 saturated heterocycles. The Morgan fingerprint density at radius 3 is 2.67 bits per heavy atom. The van der Waals surface area contributed by atoms with Crippen LogP contribution in [0.4, 0.5) is 0 Å². The zero-order valence-corrected chi connectivity index (χ0v) is 9.86. The number of ether oxygens (including phenoxy) is 1. The van der Waals surface area contributed by atoms with Crippen LogP contribution in [0, 0.1) is 5.41 Å². The molecule has 1 aliphatic rings. The molecule has 1 rings (SSSR count). The summed E-state index contributed by atoms with van der Waals surface area (Å²) in [5.41, 5.74) is 0. The molecule has 88 valence electrons. The summed E-state index contributed by atoms with van der Waals surface area (Å²) in [6.07, 6.45) is 4.37. The summed E-state index contributed by atoms with van der Waals surface area (Å²) in [6, 6.07) is 0.418. The van der Waals surface area contributed by atoms with Gasteiger partial charge in [-0.3, -0.25) is 10.2 Å². The first kappa shape index (κ1) is 14.2. The van der Waals surface area contributed by atoms with Crippen LogP contribution < -0.4 is 5.32 Å². The van der Waals surface area contributed by atoms with Crippen molar-refractivity contribution in [2.24, 2.45) is 0 Å². The second-order valence-corrected chi connectivity index (χ2v) is 3.65. The number of nitrogens with one attached hydrogen (secondary N) is 2. The fraction of sp³-hybridized carbons (Fsp3) is 0.800. The molecule has 0 atom stereocenters. The van der Waals surface area contributed by atoms with Crippen LogP contribution in [0.5, 0.6) is 0 Å². The molecular weight excluding hydrogens is 216 g/mol. The Morgan fingerprint density at radius 1 is 1.53 bits per heavy atom. The van der Waals surface area contributed by atoms with E-state index in [9.17, 15) is 4.79 Å². The first-order valence-electron chi connectivity index (χ1n) is 5.22. The van der Waals surface area contributed by atoms with Crippen molar-refractivity contribution in [2.75, 3.05) is 6.61 Å². The van der Waals surface area contributed by atoms with Crippen molar-refractivity contribution < 1.29 is 9.53 Å². The Morgan fingerprint density at radius 2 is 2.20 bits per heavy atom. The molecule has 15 heavy (non-hydrogen) atoms. The normalized spacial score (nSPS) is 14.7. The Balaban J connectivity index is 0.00000196. The molecule has 0 heterocycles. The zero-order valence-electron chi connectivity index (χ0n) is 9.04. The maximum atomic E-state index is 11.1. The number of carbonyl (C=O) groups excluding carboxylic acids is 1. The molecule has 0 aromatic carbocycles. The van der Waals surface area contributed by atoms with Gasteiger partial charge in [-0.05, 0) is 25.7 Å². The predicted molar refractivity (Wildman–Crippen MR) is 61.6 cm³/mol. The van der Waals surface area contributed by atoms with Crippen LogP contribution in [0.25, 0.3) is 0 Å². The van der Waals surface area contributed by atoms with E-state index in [0.717, 1.165) is 19.3 Å². The predicted octanol–water partition coefficient (Wildman–Crippen LogP) is 1.87. The van der Waals surface area contributed by atoms with Crippen molar-refractivity contribution >= 4 is 24.2 Å². The molecule has 0 radical (unpaired) electrons. The smallest absolute Gasteiger partial charge is 0.313 e. The monoisotopic (exact) mass is 234 g/mol. The van der Waals surface area contributed by atoms with Crippen LogP contribution in [0.15, 0.2) is 0 Å². The number of esters is 1. The molecule has 2 N–H and O–H groups in total. The van der Waals surface area contributed by atoms with E-state index in [2.05, 4.69) is 5.32 Å². The molecule has 0 spiro atoms. The Hall–Kier alpha value is -0.770. The maximum absolute atomic E-state index is 11.1. The van der Waals surface area contributed by atoms with Crippen LogP contribution in [-0.4, -0.2) is 24.5 Å². The molecule has 4 nitrogen and oxygen atoms in total. The van der Waals surface area contributed by atoms with Crippen LogP contribution in [0.2, 0.25) is 0 Å². The largest absolute Gasteiger partial charge is 0.465 e. The fourth-order valence-electron chi connectivity index (χ4n) is 1.26. The van der Waals surface area contributed by atoms with Gasteiger partial charge in [0.05, 0.1) is 6.61 Å². The van der Waals surface area contributed by atoms with Gasteiger partial charge >= 0.3 is 5.97 Å². The lowest BCUT2D eigenvalue weighted by atomic mass is 9.93. The lowest BCUT2D eigenvalue weighted by Crippen LogP contribution is -2.40. The summed E-state index contributed by atoms with van der Waals surface area (Å²) in [4.78, 5) is 11.1. The zero-order chi connectivity index (χ0) is 10.4. The minimum Gasteiger partial charge on any atom is -0.465 e. The number of hydrogen-bond donors (Lipinski definition) is 2. The van der Waals surface area contributed by atoms with Crippen LogP contribution in [0.1, 0.15) is 39.0 Å². The van der Waals surface area contributed by atoms with E-state index in [-0.39, 0.29) is 30.6 Å². The van der Waals surface area contributed by atoms with E-state index >= 15 is 0 Å². The van der Waals surface area contributed by atoms with E-state index in [1.165, 1.54) is 6.42 Å². The summed E-state index contributed by atoms with van der Waals surface area (Å²) in [5.74, 6) is -0.0144. The van der Waals surface area contributed by atoms with Crippen LogP contribution in [-0.2, 0) is 9.53 Å². The van der Waals surface area contributed by atoms with Gasteiger partial charge in [-0.1, -0.05) is 6.92 Å². The van der Waals surface area contributed by atoms with Gasteiger partial charge in [0.1, 0.15) is 12.3 Å². The van der Waals surface area contributed by atoms with E-state index in [1.807, 2.05) is 6.92 Å². The quantitative estimate of drug-likeness (QED) is 0.434. The molecular formula is C10H19ClN2O2. The van der Waals surface area contributed by atoms with E-state index in [4.69, 9.17) is 10.1 Å². The summed E-state index contributed by atoms with van der Waals surface area (Å²) >= 11 is 0. The molecule has 1 saturated carbocycles. The number of halogens is 1. The molecule has 1 fully saturated rings. The second kappa shape index (κ2) is 7.51. The number of rotatable bonds is 5. The van der Waals surface area contributed by atoms with Gasteiger partial charge in [-0.25, -0.2) is 0 Å². The highest BCUT2D eigenvalue weighted by atomic mass is 35.5. The van der Waals surface area contributed by atoms with Gasteiger partial charge in [0.25, 0.3) is 0 Å². The molecule has 0 amide bonds. The van der Waals surface area contributed by atoms with E-state index in [0.29, 0.717) is 12.6 Å². The Bertz CT molecular complexity index is 217. The highest BCUT2D eigenvalue weighted by Gasteiger charge is 2.18. The lowest BCUT2D eigenvalue weighted by Gasteiger charge is -2.27. The highest BCUT2D eigenvalue weighted by molar-refractivity contribution is 5.95. The minimum atomic E-state index is -0.302. The second-order valence-electron chi connectivity index (χ2n) is 3.65. The third-order valence-electron chi connectivity index (χ3n) is 2.27. The first-order valence-corrected chi connectivity index (χ1v) is 5.22. The third-order valence-corrected chi connectivity index (χ3v) is 2.27. The highest BCUT2D eigenvalue weighted by Crippen LogP contribution is 2.17. The topological polar surface area (TPSA) is 62.2 Å². The van der Waals surface area contributed by atoms with Crippen molar-refractivity contribution in [2.45, 2.75) is 45.1 Å². The standard InChI is InChI=1S/C10H18N2O2.ClH/c1-2-6-14-10(13)7-9(11)12-8-4-3-5-8;/h8H,2-7H2,1H3,(H2,11,12);1H. The van der Waals surface area contributed by atoms with E-state index < -0.39 is 0 Å². The fourth-order valence-corrected chi connectivity index (χ4v) is 1.26. The van der Waals surface area contributed by atoms with Crippen LogP contribution in [0.3, 0.4) is 0 Å². The van der Waals surface area contributed by atoms with Gasteiger partial charge < -0.3 is 10.1 Å². The van der Waals surface area contributed by atoms with Gasteiger partial charge in [0, 0.05) is 6.04 Å². The Kier molecular flexibility index (Phi) is 7.13. The summed E-state index contributed by atoms with van der Waals surface area (Å²) in [6.45, 7) is 2.40. The molecule has 5 heteroatoms. The van der Waals surface area contributed by atoms with Gasteiger partial charge in [0.15, 0.2) is 0 Å². The lowest BCUT2D eigenvalue weighted by molar-refractivity contribution is -0.142. The minimum absolute atomic E-state index is 0. The molecule has 0 aromatic rings. The average Bonchev–Trinajstić information content (AvgIpc) is 2.08. The van der Waals surface area contributed by atoms with E-state index in [1.54, 1.807) is 0 Å².